The first-order valence-electron chi connectivity index (χ1n) is 7.93. The molecule has 1 unspecified atom stereocenters. The molecule has 0 spiro atoms. The Morgan fingerprint density at radius 1 is 1.14 bits per heavy atom. The average Bonchev–Trinajstić information content (AvgIpc) is 2.94. The first-order valence-corrected chi connectivity index (χ1v) is 7.93. The summed E-state index contributed by atoms with van der Waals surface area (Å²) < 4.78 is 0. The predicted octanol–water partition coefficient (Wildman–Crippen LogP) is 1.48. The van der Waals surface area contributed by atoms with Crippen LogP contribution in [0, 0.1) is 0 Å². The van der Waals surface area contributed by atoms with Crippen molar-refractivity contribution in [2.24, 2.45) is 0 Å². The van der Waals surface area contributed by atoms with Crippen LogP contribution < -0.4 is 4.90 Å². The highest BCUT2D eigenvalue weighted by Crippen LogP contribution is 2.26. The molecule has 0 aromatic heterocycles. The highest BCUT2D eigenvalue weighted by Gasteiger charge is 2.35. The molecule has 118 valence electrons. The number of rotatable bonds is 1. The second kappa shape index (κ2) is 5.99. The Balaban J connectivity index is 1.81. The van der Waals surface area contributed by atoms with Gasteiger partial charge in [0.2, 0.25) is 11.8 Å². The topological polar surface area (TPSA) is 43.9 Å². The molecule has 0 aliphatic carbocycles. The predicted molar refractivity (Wildman–Crippen MR) is 85.5 cm³/mol. The van der Waals surface area contributed by atoms with Gasteiger partial charge in [-0.2, -0.15) is 0 Å². The minimum absolute atomic E-state index is 0.00295. The van der Waals surface area contributed by atoms with E-state index in [-0.39, 0.29) is 17.9 Å². The molecule has 22 heavy (non-hydrogen) atoms. The molecule has 1 atom stereocenters. The molecule has 0 bridgehead atoms. The van der Waals surface area contributed by atoms with Gasteiger partial charge in [0, 0.05) is 45.8 Å². The van der Waals surface area contributed by atoms with E-state index in [2.05, 4.69) is 24.1 Å². The maximum atomic E-state index is 12.9. The molecule has 5 nitrogen and oxygen atoms in total. The number of carbonyl (C=O) groups excluding carboxylic acids is 2. The molecule has 5 heteroatoms. The van der Waals surface area contributed by atoms with Crippen LogP contribution in [0.1, 0.15) is 25.3 Å². The van der Waals surface area contributed by atoms with Crippen molar-refractivity contribution in [3.8, 4) is 0 Å². The Hall–Kier alpha value is -2.04. The number of likely N-dealkylation sites (N-methyl/N-ethyl adjacent to an activating group) is 1. The van der Waals surface area contributed by atoms with E-state index in [9.17, 15) is 9.59 Å². The number of nitrogens with zero attached hydrogens (tertiary/aromatic N) is 3. The van der Waals surface area contributed by atoms with E-state index in [0.29, 0.717) is 19.6 Å². The Kier molecular flexibility index (Phi) is 4.05. The zero-order chi connectivity index (χ0) is 15.7. The number of benzene rings is 1. The fourth-order valence-corrected chi connectivity index (χ4v) is 3.49. The summed E-state index contributed by atoms with van der Waals surface area (Å²) in [5.74, 6) is 0.0981. The Bertz CT molecular complexity index is 587. The van der Waals surface area contributed by atoms with Gasteiger partial charge in [0.25, 0.3) is 0 Å². The first-order chi connectivity index (χ1) is 10.6. The van der Waals surface area contributed by atoms with Gasteiger partial charge >= 0.3 is 0 Å². The van der Waals surface area contributed by atoms with Crippen LogP contribution in [-0.2, 0) is 16.1 Å². The standard InChI is InChI=1S/C17H23N3O2/c1-13(21)20-9-5-8-16(20)17(22)19-11-10-18(2)15-7-4-3-6-14(15)12-19/h3-4,6-7,16H,5,8-12H2,1-2H3. The molecule has 2 aliphatic rings. The number of hydrogen-bond donors (Lipinski definition) is 0. The number of hydrogen-bond acceptors (Lipinski definition) is 3. The van der Waals surface area contributed by atoms with Crippen molar-refractivity contribution in [3.05, 3.63) is 29.8 Å². The van der Waals surface area contributed by atoms with E-state index >= 15 is 0 Å². The maximum absolute atomic E-state index is 12.9. The lowest BCUT2D eigenvalue weighted by atomic mass is 10.1. The van der Waals surface area contributed by atoms with Gasteiger partial charge in [0.15, 0.2) is 0 Å². The molecule has 0 radical (unpaired) electrons. The monoisotopic (exact) mass is 301 g/mol. The van der Waals surface area contributed by atoms with Crippen molar-refractivity contribution >= 4 is 17.5 Å². The third kappa shape index (κ3) is 2.67. The minimum Gasteiger partial charge on any atom is -0.373 e. The third-order valence-corrected chi connectivity index (χ3v) is 4.72. The smallest absolute Gasteiger partial charge is 0.245 e. The molecule has 2 aliphatic heterocycles. The van der Waals surface area contributed by atoms with Crippen LogP contribution in [0.4, 0.5) is 5.69 Å². The van der Waals surface area contributed by atoms with Crippen LogP contribution in [-0.4, -0.2) is 54.3 Å². The summed E-state index contributed by atoms with van der Waals surface area (Å²) in [6, 6.07) is 7.95. The first kappa shape index (κ1) is 14.9. The molecule has 1 aromatic rings. The molecule has 0 saturated carbocycles. The Labute approximate surface area is 131 Å². The van der Waals surface area contributed by atoms with Gasteiger partial charge in [0.1, 0.15) is 6.04 Å². The van der Waals surface area contributed by atoms with E-state index in [4.69, 9.17) is 0 Å². The quantitative estimate of drug-likeness (QED) is 0.789. The molecule has 1 aromatic carbocycles. The van der Waals surface area contributed by atoms with Crippen molar-refractivity contribution < 1.29 is 9.59 Å². The molecule has 2 amide bonds. The van der Waals surface area contributed by atoms with E-state index in [0.717, 1.165) is 19.4 Å². The highest BCUT2D eigenvalue weighted by molar-refractivity contribution is 5.87. The summed E-state index contributed by atoms with van der Waals surface area (Å²) in [4.78, 5) is 30.4. The third-order valence-electron chi connectivity index (χ3n) is 4.72. The minimum atomic E-state index is -0.270. The molecular weight excluding hydrogens is 278 g/mol. The Morgan fingerprint density at radius 3 is 2.68 bits per heavy atom. The lowest BCUT2D eigenvalue weighted by Gasteiger charge is -2.29. The van der Waals surface area contributed by atoms with E-state index in [1.54, 1.807) is 11.8 Å². The van der Waals surface area contributed by atoms with E-state index < -0.39 is 0 Å². The molecule has 0 N–H and O–H groups in total. The van der Waals surface area contributed by atoms with Crippen LogP contribution >= 0.6 is 0 Å². The summed E-state index contributed by atoms with van der Waals surface area (Å²) in [6.07, 6.45) is 1.70. The number of para-hydroxylation sites is 1. The highest BCUT2D eigenvalue weighted by atomic mass is 16.2. The SMILES string of the molecule is CC(=O)N1CCCC1C(=O)N1CCN(C)c2ccccc2C1. The maximum Gasteiger partial charge on any atom is 0.245 e. The van der Waals surface area contributed by atoms with Crippen molar-refractivity contribution in [1.29, 1.82) is 0 Å². The molecular formula is C17H23N3O2. The largest absolute Gasteiger partial charge is 0.373 e. The van der Waals surface area contributed by atoms with Crippen molar-refractivity contribution in [3.63, 3.8) is 0 Å². The number of amides is 2. The average molecular weight is 301 g/mol. The van der Waals surface area contributed by atoms with Gasteiger partial charge in [-0.15, -0.1) is 0 Å². The van der Waals surface area contributed by atoms with Crippen LogP contribution in [0.15, 0.2) is 24.3 Å². The van der Waals surface area contributed by atoms with Gasteiger partial charge in [-0.05, 0) is 24.5 Å². The Morgan fingerprint density at radius 2 is 1.91 bits per heavy atom. The van der Waals surface area contributed by atoms with Crippen molar-refractivity contribution in [2.75, 3.05) is 31.6 Å². The van der Waals surface area contributed by atoms with Gasteiger partial charge in [-0.3, -0.25) is 9.59 Å². The summed E-state index contributed by atoms with van der Waals surface area (Å²) in [6.45, 7) is 4.40. The van der Waals surface area contributed by atoms with Gasteiger partial charge in [0.05, 0.1) is 0 Å². The van der Waals surface area contributed by atoms with Gasteiger partial charge in [-0.1, -0.05) is 18.2 Å². The van der Waals surface area contributed by atoms with Gasteiger partial charge < -0.3 is 14.7 Å². The number of fused-ring (bicyclic) bond motifs is 1. The van der Waals surface area contributed by atoms with Crippen molar-refractivity contribution in [1.82, 2.24) is 9.80 Å². The van der Waals surface area contributed by atoms with Crippen molar-refractivity contribution in [2.45, 2.75) is 32.4 Å². The van der Waals surface area contributed by atoms with Gasteiger partial charge in [-0.25, -0.2) is 0 Å². The van der Waals surface area contributed by atoms with Crippen LogP contribution in [0.2, 0.25) is 0 Å². The number of likely N-dealkylation sites (tertiary alicyclic amines) is 1. The summed E-state index contributed by atoms with van der Waals surface area (Å²) in [7, 11) is 2.06. The summed E-state index contributed by atoms with van der Waals surface area (Å²) >= 11 is 0. The summed E-state index contributed by atoms with van der Waals surface area (Å²) in [5, 5.41) is 0. The molecule has 2 heterocycles. The fraction of sp³-hybridized carbons (Fsp3) is 0.529. The number of carbonyl (C=O) groups is 2. The molecule has 1 saturated heterocycles. The second-order valence-electron chi connectivity index (χ2n) is 6.18. The van der Waals surface area contributed by atoms with Crippen LogP contribution in [0.5, 0.6) is 0 Å². The zero-order valence-corrected chi connectivity index (χ0v) is 13.3. The normalized spacial score (nSPS) is 21.5. The molecule has 1 fully saturated rings. The molecule has 3 rings (SSSR count). The second-order valence-corrected chi connectivity index (χ2v) is 6.18. The zero-order valence-electron chi connectivity index (χ0n) is 13.3. The lowest BCUT2D eigenvalue weighted by molar-refractivity contribution is -0.143. The van der Waals surface area contributed by atoms with Crippen LogP contribution in [0.25, 0.3) is 0 Å². The van der Waals surface area contributed by atoms with E-state index in [1.165, 1.54) is 11.3 Å². The van der Waals surface area contributed by atoms with Crippen LogP contribution in [0.3, 0.4) is 0 Å². The summed E-state index contributed by atoms with van der Waals surface area (Å²) in [5.41, 5.74) is 2.36. The van der Waals surface area contributed by atoms with E-state index in [1.807, 2.05) is 17.0 Å². The fourth-order valence-electron chi connectivity index (χ4n) is 3.49. The number of anilines is 1. The lowest BCUT2D eigenvalue weighted by Crippen LogP contribution is -2.47.